The van der Waals surface area contributed by atoms with Crippen LogP contribution in [0.2, 0.25) is 0 Å². The van der Waals surface area contributed by atoms with Crippen LogP contribution in [0.4, 0.5) is 0 Å². The van der Waals surface area contributed by atoms with E-state index in [4.69, 9.17) is 0 Å². The fraction of sp³-hybridized carbons (Fsp3) is 0. The lowest BCUT2D eigenvalue weighted by Gasteiger charge is -2.01. The fourth-order valence-electron chi connectivity index (χ4n) is 1.47. The molecule has 0 fully saturated rings. The summed E-state index contributed by atoms with van der Waals surface area (Å²) in [6.07, 6.45) is 11.4. The smallest absolute Gasteiger partial charge is 0.180 e. The molecule has 3 aromatic rings. The first-order chi connectivity index (χ1) is 8.93. The van der Waals surface area contributed by atoms with Gasteiger partial charge in [-0.15, -0.1) is 0 Å². The van der Waals surface area contributed by atoms with Crippen LogP contribution in [-0.2, 0) is 0 Å². The van der Waals surface area contributed by atoms with Crippen molar-refractivity contribution in [3.63, 3.8) is 0 Å². The van der Waals surface area contributed by atoms with E-state index in [-0.39, 0.29) is 0 Å². The van der Waals surface area contributed by atoms with Gasteiger partial charge in [0.05, 0.1) is 18.1 Å². The Morgan fingerprint density at radius 3 is 2.00 bits per heavy atom. The highest BCUT2D eigenvalue weighted by atomic mass is 14.9. The van der Waals surface area contributed by atoms with Crippen LogP contribution in [0, 0.1) is 0 Å². The molecule has 3 aromatic heterocycles. The van der Waals surface area contributed by atoms with E-state index in [1.807, 2.05) is 0 Å². The van der Waals surface area contributed by atoms with Crippen molar-refractivity contribution in [2.45, 2.75) is 0 Å². The Hall–Kier alpha value is -2.76. The monoisotopic (exact) mass is 236 g/mol. The summed E-state index contributed by atoms with van der Waals surface area (Å²) < 4.78 is 0. The highest BCUT2D eigenvalue weighted by Crippen LogP contribution is 2.15. The van der Waals surface area contributed by atoms with Crippen molar-refractivity contribution in [2.24, 2.45) is 0 Å². The molecule has 0 N–H and O–H groups in total. The number of hydrogen-bond donors (Lipinski definition) is 0. The van der Waals surface area contributed by atoms with Gasteiger partial charge >= 0.3 is 0 Å². The maximum atomic E-state index is 4.40. The summed E-state index contributed by atoms with van der Waals surface area (Å²) in [5, 5.41) is 0. The van der Waals surface area contributed by atoms with Gasteiger partial charge in [-0.2, -0.15) is 0 Å². The molecule has 0 aromatic carbocycles. The van der Waals surface area contributed by atoms with Crippen LogP contribution >= 0.6 is 0 Å². The van der Waals surface area contributed by atoms with Crippen LogP contribution in [0.5, 0.6) is 0 Å². The summed E-state index contributed by atoms with van der Waals surface area (Å²) in [7, 11) is 0. The molecule has 6 nitrogen and oxygen atoms in total. The third-order valence-electron chi connectivity index (χ3n) is 2.27. The van der Waals surface area contributed by atoms with Gasteiger partial charge in [0.15, 0.2) is 5.82 Å². The van der Waals surface area contributed by atoms with Crippen molar-refractivity contribution in [3.05, 3.63) is 49.4 Å². The lowest BCUT2D eigenvalue weighted by Crippen LogP contribution is -1.95. The minimum atomic E-state index is 0.520. The second-order valence-corrected chi connectivity index (χ2v) is 3.45. The Bertz CT molecular complexity index is 586. The molecule has 0 atom stereocenters. The van der Waals surface area contributed by atoms with Gasteiger partial charge in [0.2, 0.25) is 0 Å². The molecular formula is C12H8N6. The summed E-state index contributed by atoms with van der Waals surface area (Å²) >= 11 is 0. The number of rotatable bonds is 2. The maximum Gasteiger partial charge on any atom is 0.180 e. The normalized spacial score (nSPS) is 10.2. The van der Waals surface area contributed by atoms with Crippen LogP contribution < -0.4 is 0 Å². The van der Waals surface area contributed by atoms with Gasteiger partial charge in [0, 0.05) is 31.0 Å². The third-order valence-corrected chi connectivity index (χ3v) is 2.27. The van der Waals surface area contributed by atoms with E-state index >= 15 is 0 Å². The topological polar surface area (TPSA) is 77.3 Å². The van der Waals surface area contributed by atoms with E-state index < -0.39 is 0 Å². The van der Waals surface area contributed by atoms with E-state index in [1.165, 1.54) is 0 Å². The summed E-state index contributed by atoms with van der Waals surface area (Å²) in [5.74, 6) is 0.520. The van der Waals surface area contributed by atoms with Gasteiger partial charge in [-0.3, -0.25) is 15.0 Å². The Morgan fingerprint density at radius 1 is 0.611 bits per heavy atom. The Kier molecular flexibility index (Phi) is 2.67. The summed E-state index contributed by atoms with van der Waals surface area (Å²) in [4.78, 5) is 24.9. The zero-order valence-corrected chi connectivity index (χ0v) is 9.30. The third kappa shape index (κ3) is 2.03. The van der Waals surface area contributed by atoms with Crippen molar-refractivity contribution in [3.8, 4) is 22.9 Å². The van der Waals surface area contributed by atoms with Gasteiger partial charge in [-0.25, -0.2) is 15.0 Å². The minimum Gasteiger partial charge on any atom is -0.261 e. The molecule has 0 amide bonds. The Labute approximate surface area is 103 Å². The van der Waals surface area contributed by atoms with Gasteiger partial charge in [0.25, 0.3) is 0 Å². The second-order valence-electron chi connectivity index (χ2n) is 3.45. The molecule has 0 saturated carbocycles. The SMILES string of the molecule is c1cnc(-c2ccnc(-c3cnccn3)n2)cn1. The summed E-state index contributed by atoms with van der Waals surface area (Å²) in [5.41, 5.74) is 2.03. The van der Waals surface area contributed by atoms with Crippen LogP contribution in [-0.4, -0.2) is 29.9 Å². The molecule has 0 unspecified atom stereocenters. The average Bonchev–Trinajstić information content (AvgIpc) is 2.49. The minimum absolute atomic E-state index is 0.520. The van der Waals surface area contributed by atoms with Crippen LogP contribution in [0.25, 0.3) is 22.9 Å². The molecule has 6 heteroatoms. The van der Waals surface area contributed by atoms with Crippen LogP contribution in [0.1, 0.15) is 0 Å². The molecule has 0 radical (unpaired) electrons. The molecule has 3 rings (SSSR count). The molecule has 0 bridgehead atoms. The number of hydrogen-bond acceptors (Lipinski definition) is 6. The first kappa shape index (κ1) is 10.4. The molecule has 86 valence electrons. The highest BCUT2D eigenvalue weighted by molar-refractivity contribution is 5.56. The standard InChI is InChI=1S/C12H8N6/c1-2-17-12(11-8-14-4-6-16-11)18-9(1)10-7-13-3-5-15-10/h1-8H. The van der Waals surface area contributed by atoms with Crippen molar-refractivity contribution in [1.82, 2.24) is 29.9 Å². The first-order valence-electron chi connectivity index (χ1n) is 5.29. The first-order valence-corrected chi connectivity index (χ1v) is 5.29. The van der Waals surface area contributed by atoms with E-state index in [0.717, 1.165) is 0 Å². The van der Waals surface area contributed by atoms with Gasteiger partial charge in [0.1, 0.15) is 11.4 Å². The van der Waals surface area contributed by atoms with E-state index in [1.54, 1.807) is 49.4 Å². The summed E-state index contributed by atoms with van der Waals surface area (Å²) in [6, 6.07) is 1.78. The summed E-state index contributed by atoms with van der Waals surface area (Å²) in [6.45, 7) is 0. The van der Waals surface area contributed by atoms with E-state index in [2.05, 4.69) is 29.9 Å². The molecule has 0 spiro atoms. The van der Waals surface area contributed by atoms with Crippen molar-refractivity contribution >= 4 is 0 Å². The maximum absolute atomic E-state index is 4.40. The Morgan fingerprint density at radius 2 is 1.33 bits per heavy atom. The largest absolute Gasteiger partial charge is 0.261 e. The molecule has 0 saturated heterocycles. The van der Waals surface area contributed by atoms with Crippen molar-refractivity contribution < 1.29 is 0 Å². The molecular weight excluding hydrogens is 228 g/mol. The second kappa shape index (κ2) is 4.62. The molecule has 18 heavy (non-hydrogen) atoms. The molecule has 0 aliphatic carbocycles. The van der Waals surface area contributed by atoms with Crippen molar-refractivity contribution in [1.29, 1.82) is 0 Å². The van der Waals surface area contributed by atoms with Crippen LogP contribution in [0.15, 0.2) is 49.4 Å². The van der Waals surface area contributed by atoms with Gasteiger partial charge in [-0.05, 0) is 6.07 Å². The highest BCUT2D eigenvalue weighted by Gasteiger charge is 2.06. The molecule has 0 aliphatic rings. The number of aromatic nitrogens is 6. The zero-order chi connectivity index (χ0) is 12.2. The zero-order valence-electron chi connectivity index (χ0n) is 9.30. The molecule has 0 aliphatic heterocycles. The van der Waals surface area contributed by atoms with Crippen molar-refractivity contribution in [2.75, 3.05) is 0 Å². The quantitative estimate of drug-likeness (QED) is 0.669. The van der Waals surface area contributed by atoms with Gasteiger partial charge in [-0.1, -0.05) is 0 Å². The average molecular weight is 236 g/mol. The fourth-order valence-corrected chi connectivity index (χ4v) is 1.47. The van der Waals surface area contributed by atoms with Gasteiger partial charge < -0.3 is 0 Å². The lowest BCUT2D eigenvalue weighted by molar-refractivity contribution is 1.10. The van der Waals surface area contributed by atoms with E-state index in [9.17, 15) is 0 Å². The number of nitrogens with zero attached hydrogens (tertiary/aromatic N) is 6. The lowest BCUT2D eigenvalue weighted by atomic mass is 10.3. The predicted octanol–water partition coefficient (Wildman–Crippen LogP) is 1.39. The van der Waals surface area contributed by atoms with Crippen LogP contribution in [0.3, 0.4) is 0 Å². The Balaban J connectivity index is 2.05. The molecule has 3 heterocycles. The predicted molar refractivity (Wildman–Crippen MR) is 64.1 cm³/mol. The van der Waals surface area contributed by atoms with E-state index in [0.29, 0.717) is 22.9 Å².